The number of benzene rings is 1. The van der Waals surface area contributed by atoms with Gasteiger partial charge in [0.2, 0.25) is 0 Å². The van der Waals surface area contributed by atoms with Crippen LogP contribution in [0.25, 0.3) is 0 Å². The van der Waals surface area contributed by atoms with E-state index in [-0.39, 0.29) is 5.91 Å². The third-order valence-corrected chi connectivity index (χ3v) is 3.81. The molecule has 0 fully saturated rings. The fraction of sp³-hybridized carbons (Fsp3) is 0.353. The Labute approximate surface area is 145 Å². The summed E-state index contributed by atoms with van der Waals surface area (Å²) in [7, 11) is 0. The van der Waals surface area contributed by atoms with E-state index in [4.69, 9.17) is 0 Å². The third-order valence-electron chi connectivity index (χ3n) is 3.28. The number of carbonyl (C=O) groups excluding carboxylic acids is 1. The third kappa shape index (κ3) is 5.03. The highest BCUT2D eigenvalue weighted by molar-refractivity contribution is 9.10. The summed E-state index contributed by atoms with van der Waals surface area (Å²) in [5.74, 6) is 0.563. The summed E-state index contributed by atoms with van der Waals surface area (Å²) in [4.78, 5) is 22.7. The zero-order chi connectivity index (χ0) is 16.7. The Bertz CT molecular complexity index is 639. The molecule has 1 N–H and O–H groups in total. The van der Waals surface area contributed by atoms with Crippen molar-refractivity contribution in [3.8, 4) is 0 Å². The number of amides is 1. The average Bonchev–Trinajstić information content (AvgIpc) is 2.56. The number of nitrogens with zero attached hydrogens (tertiary/aromatic N) is 3. The molecule has 0 atom stereocenters. The maximum Gasteiger partial charge on any atom is 0.272 e. The summed E-state index contributed by atoms with van der Waals surface area (Å²) < 4.78 is 1.01. The van der Waals surface area contributed by atoms with Crippen LogP contribution >= 0.6 is 15.9 Å². The highest BCUT2D eigenvalue weighted by Crippen LogP contribution is 2.18. The molecule has 0 radical (unpaired) electrons. The van der Waals surface area contributed by atoms with Crippen LogP contribution in [0.15, 0.2) is 41.1 Å². The minimum Gasteiger partial charge on any atom is -0.340 e. The second kappa shape index (κ2) is 8.62. The SMILES string of the molecule is CCCN(CCC)C(=O)c1cc(Nc2ccc(Br)cc2)ncn1. The Kier molecular flexibility index (Phi) is 6.52. The lowest BCUT2D eigenvalue weighted by molar-refractivity contribution is 0.0749. The van der Waals surface area contributed by atoms with Gasteiger partial charge in [-0.05, 0) is 37.1 Å². The molecule has 0 saturated heterocycles. The Morgan fingerprint density at radius 2 is 1.78 bits per heavy atom. The van der Waals surface area contributed by atoms with Crippen LogP contribution in [0.5, 0.6) is 0 Å². The first-order chi connectivity index (χ1) is 11.1. The summed E-state index contributed by atoms with van der Waals surface area (Å²) >= 11 is 3.40. The molecule has 0 unspecified atom stereocenters. The molecule has 1 aromatic heterocycles. The normalized spacial score (nSPS) is 10.4. The van der Waals surface area contributed by atoms with E-state index in [1.54, 1.807) is 6.07 Å². The van der Waals surface area contributed by atoms with Crippen molar-refractivity contribution in [1.29, 1.82) is 0 Å². The van der Waals surface area contributed by atoms with Gasteiger partial charge in [0, 0.05) is 29.3 Å². The van der Waals surface area contributed by atoms with Gasteiger partial charge in [0.25, 0.3) is 5.91 Å². The molecule has 1 aromatic carbocycles. The van der Waals surface area contributed by atoms with Crippen molar-refractivity contribution in [2.75, 3.05) is 18.4 Å². The van der Waals surface area contributed by atoms with Gasteiger partial charge in [-0.25, -0.2) is 9.97 Å². The fourth-order valence-electron chi connectivity index (χ4n) is 2.24. The standard InChI is InChI=1S/C17H21BrN4O/c1-3-9-22(10-4-2)17(23)15-11-16(20-12-19-15)21-14-7-5-13(18)6-8-14/h5-8,11-12H,3-4,9-10H2,1-2H3,(H,19,20,21). The molecule has 2 rings (SSSR count). The van der Waals surface area contributed by atoms with Crippen molar-refractivity contribution in [3.05, 3.63) is 46.8 Å². The molecule has 0 aliphatic heterocycles. The monoisotopic (exact) mass is 376 g/mol. The average molecular weight is 377 g/mol. The van der Waals surface area contributed by atoms with Gasteiger partial charge in [-0.3, -0.25) is 4.79 Å². The lowest BCUT2D eigenvalue weighted by Gasteiger charge is -2.21. The van der Waals surface area contributed by atoms with Gasteiger partial charge in [0.1, 0.15) is 17.8 Å². The van der Waals surface area contributed by atoms with Crippen molar-refractivity contribution < 1.29 is 4.79 Å². The first-order valence-corrected chi connectivity index (χ1v) is 8.57. The van der Waals surface area contributed by atoms with Crippen molar-refractivity contribution in [2.45, 2.75) is 26.7 Å². The predicted molar refractivity (Wildman–Crippen MR) is 95.9 cm³/mol. The van der Waals surface area contributed by atoms with Crippen LogP contribution in [-0.4, -0.2) is 33.9 Å². The maximum absolute atomic E-state index is 12.6. The summed E-state index contributed by atoms with van der Waals surface area (Å²) in [6.07, 6.45) is 3.28. The van der Waals surface area contributed by atoms with Crippen molar-refractivity contribution >= 4 is 33.3 Å². The van der Waals surface area contributed by atoms with Gasteiger partial charge in [-0.1, -0.05) is 29.8 Å². The molecule has 6 heteroatoms. The van der Waals surface area contributed by atoms with Crippen LogP contribution in [0.4, 0.5) is 11.5 Å². The molecule has 0 bridgehead atoms. The predicted octanol–water partition coefficient (Wildman–Crippen LogP) is 4.24. The highest BCUT2D eigenvalue weighted by atomic mass is 79.9. The topological polar surface area (TPSA) is 58.1 Å². The molecule has 0 spiro atoms. The zero-order valence-electron chi connectivity index (χ0n) is 13.4. The number of aromatic nitrogens is 2. The largest absolute Gasteiger partial charge is 0.340 e. The summed E-state index contributed by atoms with van der Waals surface area (Å²) in [5, 5.41) is 3.19. The molecule has 1 heterocycles. The molecular formula is C17H21BrN4O. The number of hydrogen-bond donors (Lipinski definition) is 1. The van der Waals surface area contributed by atoms with Gasteiger partial charge >= 0.3 is 0 Å². The Morgan fingerprint density at radius 1 is 1.13 bits per heavy atom. The second-order valence-corrected chi connectivity index (χ2v) is 6.13. The minimum absolute atomic E-state index is 0.0463. The summed E-state index contributed by atoms with van der Waals surface area (Å²) in [6, 6.07) is 9.46. The van der Waals surface area contributed by atoms with Gasteiger partial charge in [0.15, 0.2) is 0 Å². The van der Waals surface area contributed by atoms with Crippen LogP contribution in [0.1, 0.15) is 37.2 Å². The van der Waals surface area contributed by atoms with E-state index in [0.29, 0.717) is 11.5 Å². The maximum atomic E-state index is 12.6. The van der Waals surface area contributed by atoms with E-state index in [0.717, 1.165) is 36.1 Å². The number of hydrogen-bond acceptors (Lipinski definition) is 4. The Balaban J connectivity index is 2.14. The van der Waals surface area contributed by atoms with Gasteiger partial charge in [-0.15, -0.1) is 0 Å². The van der Waals surface area contributed by atoms with E-state index in [1.807, 2.05) is 29.2 Å². The molecule has 2 aromatic rings. The first-order valence-electron chi connectivity index (χ1n) is 7.78. The van der Waals surface area contributed by atoms with Gasteiger partial charge < -0.3 is 10.2 Å². The van der Waals surface area contributed by atoms with Crippen LogP contribution < -0.4 is 5.32 Å². The minimum atomic E-state index is -0.0463. The highest BCUT2D eigenvalue weighted by Gasteiger charge is 2.16. The number of halogens is 1. The Hall–Kier alpha value is -1.95. The lowest BCUT2D eigenvalue weighted by atomic mass is 10.2. The molecule has 0 saturated carbocycles. The van der Waals surface area contributed by atoms with E-state index in [9.17, 15) is 4.79 Å². The first kappa shape index (κ1) is 17.4. The summed E-state index contributed by atoms with van der Waals surface area (Å²) in [6.45, 7) is 5.62. The van der Waals surface area contributed by atoms with Crippen LogP contribution in [0, 0.1) is 0 Å². The van der Waals surface area contributed by atoms with E-state index < -0.39 is 0 Å². The van der Waals surface area contributed by atoms with Crippen molar-refractivity contribution in [1.82, 2.24) is 14.9 Å². The Morgan fingerprint density at radius 3 is 2.39 bits per heavy atom. The molecule has 0 aliphatic carbocycles. The van der Waals surface area contributed by atoms with Crippen molar-refractivity contribution in [2.24, 2.45) is 0 Å². The number of nitrogens with one attached hydrogen (secondary N) is 1. The molecule has 1 amide bonds. The van der Waals surface area contributed by atoms with E-state index in [1.165, 1.54) is 6.33 Å². The van der Waals surface area contributed by atoms with E-state index >= 15 is 0 Å². The van der Waals surface area contributed by atoms with Gasteiger partial charge in [0.05, 0.1) is 0 Å². The molecule has 5 nitrogen and oxygen atoms in total. The molecule has 0 aliphatic rings. The van der Waals surface area contributed by atoms with Gasteiger partial charge in [-0.2, -0.15) is 0 Å². The number of anilines is 2. The second-order valence-electron chi connectivity index (χ2n) is 5.21. The lowest BCUT2D eigenvalue weighted by Crippen LogP contribution is -2.33. The summed E-state index contributed by atoms with van der Waals surface area (Å²) in [5.41, 5.74) is 1.32. The fourth-order valence-corrected chi connectivity index (χ4v) is 2.50. The molecule has 122 valence electrons. The number of carbonyl (C=O) groups is 1. The van der Waals surface area contributed by atoms with Crippen molar-refractivity contribution in [3.63, 3.8) is 0 Å². The van der Waals surface area contributed by atoms with Crippen LogP contribution in [-0.2, 0) is 0 Å². The smallest absolute Gasteiger partial charge is 0.272 e. The van der Waals surface area contributed by atoms with E-state index in [2.05, 4.69) is 45.1 Å². The quantitative estimate of drug-likeness (QED) is 0.784. The molecule has 23 heavy (non-hydrogen) atoms. The number of rotatable bonds is 7. The van der Waals surface area contributed by atoms with Crippen LogP contribution in [0.2, 0.25) is 0 Å². The zero-order valence-corrected chi connectivity index (χ0v) is 15.0. The molecular weight excluding hydrogens is 356 g/mol. The van der Waals surface area contributed by atoms with Crippen LogP contribution in [0.3, 0.4) is 0 Å².